The molecule has 6 nitrogen and oxygen atoms in total. The normalized spacial score (nSPS) is 20.1. The molecule has 2 amide bonds. The van der Waals surface area contributed by atoms with Gasteiger partial charge in [0.25, 0.3) is 5.91 Å². The average molecular weight is 540 g/mol. The third kappa shape index (κ3) is 5.72. The Bertz CT molecular complexity index is 1470. The standard InChI is InChI=1S/C33H34FN3O3/c1-20-5-7-21(8-6-20)28-14-11-23(15-29(28)22-9-10-24(19-35)30(34)16-22)31(38)37-26-12-13-27(37)18-25(17-26)36-32(39)40-33(2,3)4/h5-11,14-16,25-27H,12-13,17-18H2,1-4H3,(H,36,39)/t25?,26-,27+. The fourth-order valence-corrected chi connectivity index (χ4v) is 5.92. The molecule has 0 radical (unpaired) electrons. The smallest absolute Gasteiger partial charge is 0.407 e. The Kier molecular flexibility index (Phi) is 7.37. The first-order valence-corrected chi connectivity index (χ1v) is 13.8. The van der Waals surface area contributed by atoms with Crippen LogP contribution in [0.5, 0.6) is 0 Å². The minimum Gasteiger partial charge on any atom is -0.444 e. The van der Waals surface area contributed by atoms with Crippen molar-refractivity contribution < 1.29 is 18.7 Å². The lowest BCUT2D eigenvalue weighted by Gasteiger charge is -2.39. The van der Waals surface area contributed by atoms with Crippen LogP contribution in [0, 0.1) is 24.1 Å². The van der Waals surface area contributed by atoms with E-state index in [-0.39, 0.29) is 29.6 Å². The number of alkyl carbamates (subject to hydrolysis) is 1. The molecule has 2 heterocycles. The number of fused-ring (bicyclic) bond motifs is 2. The number of aryl methyl sites for hydroxylation is 1. The van der Waals surface area contributed by atoms with Gasteiger partial charge in [-0.15, -0.1) is 0 Å². The Balaban J connectivity index is 1.44. The van der Waals surface area contributed by atoms with E-state index in [1.165, 1.54) is 12.1 Å². The van der Waals surface area contributed by atoms with Crippen molar-refractivity contribution in [3.8, 4) is 28.3 Å². The molecule has 0 aromatic heterocycles. The molecule has 2 aliphatic heterocycles. The Morgan fingerprint density at radius 2 is 1.60 bits per heavy atom. The number of nitrogens with zero attached hydrogens (tertiary/aromatic N) is 2. The molecule has 2 saturated heterocycles. The number of carbonyl (C=O) groups excluding carboxylic acids is 2. The lowest BCUT2D eigenvalue weighted by molar-refractivity contribution is 0.0418. The average Bonchev–Trinajstić information content (AvgIpc) is 3.17. The Labute approximate surface area is 234 Å². The molecule has 2 fully saturated rings. The summed E-state index contributed by atoms with van der Waals surface area (Å²) in [6.07, 6.45) is 2.70. The first-order chi connectivity index (χ1) is 19.0. The molecule has 3 aromatic carbocycles. The van der Waals surface area contributed by atoms with E-state index in [2.05, 4.69) is 5.32 Å². The number of hydrogen-bond donors (Lipinski definition) is 1. The third-order valence-corrected chi connectivity index (χ3v) is 7.72. The highest BCUT2D eigenvalue weighted by Gasteiger charge is 2.44. The number of amides is 2. The first kappa shape index (κ1) is 27.4. The van der Waals surface area contributed by atoms with Crippen molar-refractivity contribution in [2.24, 2.45) is 0 Å². The van der Waals surface area contributed by atoms with Crippen molar-refractivity contribution in [1.82, 2.24) is 10.2 Å². The Hall–Kier alpha value is -4.18. The van der Waals surface area contributed by atoms with E-state index in [9.17, 15) is 19.2 Å². The maximum atomic E-state index is 14.7. The minimum atomic E-state index is -0.593. The summed E-state index contributed by atoms with van der Waals surface area (Å²) in [7, 11) is 0. The molecule has 206 valence electrons. The zero-order valence-electron chi connectivity index (χ0n) is 23.3. The van der Waals surface area contributed by atoms with E-state index in [4.69, 9.17) is 4.74 Å². The zero-order valence-corrected chi connectivity index (χ0v) is 23.3. The van der Waals surface area contributed by atoms with Crippen LogP contribution in [0.3, 0.4) is 0 Å². The second-order valence-electron chi connectivity index (χ2n) is 11.8. The topological polar surface area (TPSA) is 82.4 Å². The molecule has 2 bridgehead atoms. The van der Waals surface area contributed by atoms with Crippen LogP contribution in [0.1, 0.15) is 67.9 Å². The van der Waals surface area contributed by atoms with Crippen LogP contribution in [0.4, 0.5) is 9.18 Å². The van der Waals surface area contributed by atoms with Crippen LogP contribution in [0.2, 0.25) is 0 Å². The van der Waals surface area contributed by atoms with Gasteiger partial charge < -0.3 is 15.0 Å². The monoisotopic (exact) mass is 539 g/mol. The van der Waals surface area contributed by atoms with E-state index in [1.807, 2.05) is 81.1 Å². The highest BCUT2D eigenvalue weighted by Crippen LogP contribution is 2.39. The summed E-state index contributed by atoms with van der Waals surface area (Å²) < 4.78 is 20.1. The SMILES string of the molecule is Cc1ccc(-c2ccc(C(=O)N3[C@@H]4CC[C@H]3CC(NC(=O)OC(C)(C)C)C4)cc2-c2ccc(C#N)c(F)c2)cc1. The first-order valence-electron chi connectivity index (χ1n) is 13.8. The zero-order chi connectivity index (χ0) is 28.6. The number of rotatable bonds is 4. The molecule has 7 heteroatoms. The highest BCUT2D eigenvalue weighted by atomic mass is 19.1. The lowest BCUT2D eigenvalue weighted by atomic mass is 9.91. The van der Waals surface area contributed by atoms with E-state index in [0.717, 1.165) is 35.1 Å². The lowest BCUT2D eigenvalue weighted by Crippen LogP contribution is -2.53. The second-order valence-corrected chi connectivity index (χ2v) is 11.8. The summed E-state index contributed by atoms with van der Waals surface area (Å²) in [4.78, 5) is 28.2. The third-order valence-electron chi connectivity index (χ3n) is 7.72. The number of ether oxygens (including phenoxy) is 1. The van der Waals surface area contributed by atoms with Crippen molar-refractivity contribution in [2.75, 3.05) is 0 Å². The van der Waals surface area contributed by atoms with Gasteiger partial charge in [-0.3, -0.25) is 4.79 Å². The van der Waals surface area contributed by atoms with E-state index in [0.29, 0.717) is 24.0 Å². The van der Waals surface area contributed by atoms with Crippen molar-refractivity contribution >= 4 is 12.0 Å². The molecule has 2 aliphatic rings. The van der Waals surface area contributed by atoms with Gasteiger partial charge in [0.05, 0.1) is 5.56 Å². The summed E-state index contributed by atoms with van der Waals surface area (Å²) in [5.41, 5.74) is 4.24. The number of carbonyl (C=O) groups is 2. The van der Waals surface area contributed by atoms with Gasteiger partial charge in [0.1, 0.15) is 17.5 Å². The molecule has 0 spiro atoms. The second kappa shape index (κ2) is 10.8. The number of halogens is 1. The maximum absolute atomic E-state index is 14.7. The van der Waals surface area contributed by atoms with Gasteiger partial charge in [0.2, 0.25) is 0 Å². The van der Waals surface area contributed by atoms with Gasteiger partial charge in [-0.05, 0) is 99.9 Å². The molecule has 1 N–H and O–H groups in total. The van der Waals surface area contributed by atoms with Gasteiger partial charge in [-0.2, -0.15) is 5.26 Å². The van der Waals surface area contributed by atoms with Crippen molar-refractivity contribution in [3.63, 3.8) is 0 Å². The van der Waals surface area contributed by atoms with Crippen LogP contribution in [0.25, 0.3) is 22.3 Å². The molecule has 3 atom stereocenters. The van der Waals surface area contributed by atoms with Crippen LogP contribution < -0.4 is 5.32 Å². The highest BCUT2D eigenvalue weighted by molar-refractivity contribution is 5.98. The predicted octanol–water partition coefficient (Wildman–Crippen LogP) is 7.00. The van der Waals surface area contributed by atoms with Crippen LogP contribution >= 0.6 is 0 Å². The predicted molar refractivity (Wildman–Crippen MR) is 152 cm³/mol. The van der Waals surface area contributed by atoms with Gasteiger partial charge in [0, 0.05) is 23.7 Å². The molecular weight excluding hydrogens is 505 g/mol. The summed E-state index contributed by atoms with van der Waals surface area (Å²) in [5, 5.41) is 12.2. The number of nitrogens with one attached hydrogen (secondary N) is 1. The molecule has 5 rings (SSSR count). The number of benzene rings is 3. The largest absolute Gasteiger partial charge is 0.444 e. The van der Waals surface area contributed by atoms with E-state index >= 15 is 0 Å². The molecule has 1 unspecified atom stereocenters. The minimum absolute atomic E-state index is 0.0210. The van der Waals surface area contributed by atoms with Gasteiger partial charge in [0.15, 0.2) is 0 Å². The Morgan fingerprint density at radius 1 is 0.950 bits per heavy atom. The summed E-state index contributed by atoms with van der Waals surface area (Å²) >= 11 is 0. The van der Waals surface area contributed by atoms with Crippen LogP contribution in [-0.2, 0) is 4.74 Å². The molecule has 0 aliphatic carbocycles. The van der Waals surface area contributed by atoms with Gasteiger partial charge in [-0.25, -0.2) is 9.18 Å². The maximum Gasteiger partial charge on any atom is 0.407 e. The molecule has 3 aromatic rings. The fourth-order valence-electron chi connectivity index (χ4n) is 5.92. The van der Waals surface area contributed by atoms with E-state index < -0.39 is 17.5 Å². The van der Waals surface area contributed by atoms with Crippen molar-refractivity contribution in [1.29, 1.82) is 5.26 Å². The fraction of sp³-hybridized carbons (Fsp3) is 0.364. The number of nitriles is 1. The van der Waals surface area contributed by atoms with E-state index in [1.54, 1.807) is 6.07 Å². The summed E-state index contributed by atoms with van der Waals surface area (Å²) in [6, 6.07) is 20.1. The summed E-state index contributed by atoms with van der Waals surface area (Å²) in [6.45, 7) is 7.52. The van der Waals surface area contributed by atoms with Gasteiger partial charge >= 0.3 is 6.09 Å². The number of piperidine rings is 1. The molecular formula is C33H34FN3O3. The quantitative estimate of drug-likeness (QED) is 0.387. The van der Waals surface area contributed by atoms with Crippen LogP contribution in [0.15, 0.2) is 60.7 Å². The van der Waals surface area contributed by atoms with Crippen molar-refractivity contribution in [2.45, 2.75) is 77.1 Å². The Morgan fingerprint density at radius 3 is 2.20 bits per heavy atom. The molecule has 0 saturated carbocycles. The van der Waals surface area contributed by atoms with Crippen LogP contribution in [-0.4, -0.2) is 40.6 Å². The number of hydrogen-bond acceptors (Lipinski definition) is 4. The molecule has 40 heavy (non-hydrogen) atoms. The summed E-state index contributed by atoms with van der Waals surface area (Å²) in [5.74, 6) is -0.654. The van der Waals surface area contributed by atoms with Crippen molar-refractivity contribution in [3.05, 3.63) is 83.2 Å². The van der Waals surface area contributed by atoms with Gasteiger partial charge in [-0.1, -0.05) is 42.0 Å².